The second-order valence-electron chi connectivity index (χ2n) is 5.60. The fourth-order valence-corrected chi connectivity index (χ4v) is 2.43. The zero-order valence-corrected chi connectivity index (χ0v) is 10.3. The summed E-state index contributed by atoms with van der Waals surface area (Å²) in [6, 6.07) is 6.04. The van der Waals surface area contributed by atoms with Crippen LogP contribution in [-0.4, -0.2) is 0 Å². The topological polar surface area (TPSA) is 26.0 Å². The van der Waals surface area contributed by atoms with Crippen molar-refractivity contribution in [3.05, 3.63) is 28.8 Å². The minimum atomic E-state index is 0.402. The van der Waals surface area contributed by atoms with E-state index in [2.05, 4.69) is 26.8 Å². The Bertz CT molecular complexity index is 379. The third kappa shape index (κ3) is 2.12. The van der Waals surface area contributed by atoms with E-state index in [9.17, 15) is 0 Å². The van der Waals surface area contributed by atoms with Crippen molar-refractivity contribution in [2.24, 2.45) is 11.3 Å². The highest BCUT2D eigenvalue weighted by Gasteiger charge is 2.45. The minimum absolute atomic E-state index is 0.402. The van der Waals surface area contributed by atoms with Gasteiger partial charge in [-0.2, -0.15) is 0 Å². The van der Waals surface area contributed by atoms with Crippen molar-refractivity contribution < 1.29 is 0 Å². The van der Waals surface area contributed by atoms with Gasteiger partial charge in [0.25, 0.3) is 0 Å². The molecule has 0 aliphatic heterocycles. The molecular formula is C13H18ClN. The van der Waals surface area contributed by atoms with E-state index in [1.165, 1.54) is 12.0 Å². The first kappa shape index (κ1) is 10.8. The molecule has 0 spiro atoms. The highest BCUT2D eigenvalue weighted by molar-refractivity contribution is 6.33. The van der Waals surface area contributed by atoms with E-state index in [4.69, 9.17) is 17.3 Å². The first-order valence-corrected chi connectivity index (χ1v) is 5.82. The third-order valence-electron chi connectivity index (χ3n) is 3.35. The molecule has 2 heteroatoms. The van der Waals surface area contributed by atoms with Gasteiger partial charge in [-0.1, -0.05) is 38.4 Å². The molecule has 0 aromatic heterocycles. The summed E-state index contributed by atoms with van der Waals surface area (Å²) in [6.07, 6.45) is 1.28. The van der Waals surface area contributed by atoms with Gasteiger partial charge in [0.15, 0.2) is 0 Å². The Morgan fingerprint density at radius 2 is 2.00 bits per heavy atom. The fourth-order valence-electron chi connectivity index (χ4n) is 2.31. The zero-order valence-electron chi connectivity index (χ0n) is 9.55. The molecule has 82 valence electrons. The summed E-state index contributed by atoms with van der Waals surface area (Å²) in [5, 5.41) is 0.659. The van der Waals surface area contributed by atoms with Crippen LogP contribution in [0, 0.1) is 11.3 Å². The van der Waals surface area contributed by atoms with E-state index in [1.807, 2.05) is 12.1 Å². The van der Waals surface area contributed by atoms with Gasteiger partial charge in [0.2, 0.25) is 0 Å². The number of nitrogens with two attached hydrogens (primary N) is 1. The van der Waals surface area contributed by atoms with Crippen LogP contribution in [0.25, 0.3) is 0 Å². The lowest BCUT2D eigenvalue weighted by molar-refractivity contribution is 0.343. The standard InChI is InChI=1S/C13H18ClN/c1-13(2,3)10-7-9(10)8-4-5-11(14)12(15)6-8/h4-6,9-10H,7,15H2,1-3H3. The lowest BCUT2D eigenvalue weighted by Crippen LogP contribution is -2.08. The first-order valence-electron chi connectivity index (χ1n) is 5.44. The lowest BCUT2D eigenvalue weighted by Gasteiger charge is -2.18. The molecule has 2 rings (SSSR count). The smallest absolute Gasteiger partial charge is 0.0635 e. The second-order valence-corrected chi connectivity index (χ2v) is 6.00. The van der Waals surface area contributed by atoms with Gasteiger partial charge < -0.3 is 5.73 Å². The Morgan fingerprint density at radius 3 is 2.47 bits per heavy atom. The number of rotatable bonds is 1. The Balaban J connectivity index is 2.17. The van der Waals surface area contributed by atoms with Crippen LogP contribution in [0.15, 0.2) is 18.2 Å². The van der Waals surface area contributed by atoms with Crippen molar-refractivity contribution in [2.45, 2.75) is 33.1 Å². The molecule has 0 bridgehead atoms. The van der Waals surface area contributed by atoms with Crippen LogP contribution in [0.4, 0.5) is 5.69 Å². The molecular weight excluding hydrogens is 206 g/mol. The molecule has 1 aromatic rings. The lowest BCUT2D eigenvalue weighted by atomic mass is 9.87. The summed E-state index contributed by atoms with van der Waals surface area (Å²) in [5.74, 6) is 1.47. The SMILES string of the molecule is CC(C)(C)C1CC1c1ccc(Cl)c(N)c1. The van der Waals surface area contributed by atoms with Gasteiger partial charge in [0.1, 0.15) is 0 Å². The average molecular weight is 224 g/mol. The van der Waals surface area contributed by atoms with E-state index in [0.29, 0.717) is 22.0 Å². The summed E-state index contributed by atoms with van der Waals surface area (Å²) in [7, 11) is 0. The monoisotopic (exact) mass is 223 g/mol. The number of halogens is 1. The van der Waals surface area contributed by atoms with E-state index < -0.39 is 0 Å². The Hall–Kier alpha value is -0.690. The minimum Gasteiger partial charge on any atom is -0.398 e. The van der Waals surface area contributed by atoms with Crippen LogP contribution in [0.2, 0.25) is 5.02 Å². The van der Waals surface area contributed by atoms with Crippen molar-refractivity contribution in [1.29, 1.82) is 0 Å². The molecule has 15 heavy (non-hydrogen) atoms. The van der Waals surface area contributed by atoms with E-state index in [-0.39, 0.29) is 0 Å². The zero-order chi connectivity index (χ0) is 11.2. The fraction of sp³-hybridized carbons (Fsp3) is 0.538. The quantitative estimate of drug-likeness (QED) is 0.714. The maximum Gasteiger partial charge on any atom is 0.0635 e. The molecule has 1 aromatic carbocycles. The molecule has 1 fully saturated rings. The molecule has 0 radical (unpaired) electrons. The summed E-state index contributed by atoms with van der Waals surface area (Å²) >= 11 is 5.91. The van der Waals surface area contributed by atoms with Gasteiger partial charge in [-0.25, -0.2) is 0 Å². The average Bonchev–Trinajstić information content (AvgIpc) is 2.87. The highest BCUT2D eigenvalue weighted by Crippen LogP contribution is 2.56. The van der Waals surface area contributed by atoms with Crippen LogP contribution < -0.4 is 5.73 Å². The predicted octanol–water partition coefficient (Wildman–Crippen LogP) is 4.07. The first-order chi connectivity index (χ1) is 6.89. The predicted molar refractivity (Wildman–Crippen MR) is 66.2 cm³/mol. The Labute approximate surface area is 96.6 Å². The molecule has 2 unspecified atom stereocenters. The molecule has 2 atom stereocenters. The maximum absolute atomic E-state index is 5.91. The van der Waals surface area contributed by atoms with Gasteiger partial charge in [0.05, 0.1) is 10.7 Å². The Kier molecular flexibility index (Phi) is 2.46. The third-order valence-corrected chi connectivity index (χ3v) is 3.70. The highest BCUT2D eigenvalue weighted by atomic mass is 35.5. The van der Waals surface area contributed by atoms with Crippen LogP contribution in [0.1, 0.15) is 38.7 Å². The van der Waals surface area contributed by atoms with Crippen LogP contribution in [-0.2, 0) is 0 Å². The van der Waals surface area contributed by atoms with Gasteiger partial charge in [-0.05, 0) is 41.4 Å². The molecule has 1 saturated carbocycles. The van der Waals surface area contributed by atoms with E-state index in [0.717, 1.165) is 5.92 Å². The number of hydrogen-bond acceptors (Lipinski definition) is 1. The molecule has 0 saturated heterocycles. The van der Waals surface area contributed by atoms with Crippen LogP contribution in [0.5, 0.6) is 0 Å². The second kappa shape index (κ2) is 3.41. The Morgan fingerprint density at radius 1 is 1.33 bits per heavy atom. The van der Waals surface area contributed by atoms with Gasteiger partial charge in [-0.3, -0.25) is 0 Å². The van der Waals surface area contributed by atoms with Gasteiger partial charge in [-0.15, -0.1) is 0 Å². The summed E-state index contributed by atoms with van der Waals surface area (Å²) < 4.78 is 0. The number of hydrogen-bond donors (Lipinski definition) is 1. The normalized spacial score (nSPS) is 25.3. The summed E-state index contributed by atoms with van der Waals surface area (Å²) in [4.78, 5) is 0. The van der Waals surface area contributed by atoms with Crippen LogP contribution >= 0.6 is 11.6 Å². The molecule has 1 nitrogen and oxygen atoms in total. The maximum atomic E-state index is 5.91. The van der Waals surface area contributed by atoms with Crippen molar-refractivity contribution in [2.75, 3.05) is 5.73 Å². The molecule has 0 amide bonds. The van der Waals surface area contributed by atoms with Crippen molar-refractivity contribution in [1.82, 2.24) is 0 Å². The van der Waals surface area contributed by atoms with Gasteiger partial charge >= 0.3 is 0 Å². The number of benzene rings is 1. The largest absolute Gasteiger partial charge is 0.398 e. The van der Waals surface area contributed by atoms with Crippen molar-refractivity contribution >= 4 is 17.3 Å². The molecule has 0 heterocycles. The molecule has 1 aliphatic rings. The van der Waals surface area contributed by atoms with Crippen molar-refractivity contribution in [3.8, 4) is 0 Å². The van der Waals surface area contributed by atoms with Gasteiger partial charge in [0, 0.05) is 0 Å². The van der Waals surface area contributed by atoms with E-state index in [1.54, 1.807) is 0 Å². The summed E-state index contributed by atoms with van der Waals surface area (Å²) in [6.45, 7) is 6.91. The van der Waals surface area contributed by atoms with Crippen LogP contribution in [0.3, 0.4) is 0 Å². The summed E-state index contributed by atoms with van der Waals surface area (Å²) in [5.41, 5.74) is 8.26. The van der Waals surface area contributed by atoms with Crippen molar-refractivity contribution in [3.63, 3.8) is 0 Å². The van der Waals surface area contributed by atoms with E-state index >= 15 is 0 Å². The molecule has 1 aliphatic carbocycles. The number of anilines is 1. The number of nitrogen functional groups attached to an aromatic ring is 1. The molecule has 2 N–H and O–H groups in total.